The van der Waals surface area contributed by atoms with Crippen LogP contribution >= 0.6 is 34.7 Å². The van der Waals surface area contributed by atoms with Gasteiger partial charge in [-0.1, -0.05) is 91.0 Å². The molecule has 1 saturated heterocycles. The van der Waals surface area contributed by atoms with Crippen molar-refractivity contribution in [3.63, 3.8) is 0 Å². The molecule has 1 amide bonds. The van der Waals surface area contributed by atoms with E-state index in [1.54, 1.807) is 18.2 Å². The van der Waals surface area contributed by atoms with Gasteiger partial charge in [0, 0.05) is 16.3 Å². The van der Waals surface area contributed by atoms with E-state index in [9.17, 15) is 14.7 Å². The maximum Gasteiger partial charge on any atom is 0.301 e. The Kier molecular flexibility index (Phi) is 7.94. The summed E-state index contributed by atoms with van der Waals surface area (Å²) in [6.07, 6.45) is 0. The molecular formula is C31H26ClN3O5S2. The molecule has 1 atom stereocenters. The number of carbonyl (C=O) groups is 2. The van der Waals surface area contributed by atoms with E-state index in [-0.39, 0.29) is 16.5 Å². The van der Waals surface area contributed by atoms with Crippen LogP contribution in [0.1, 0.15) is 48.1 Å². The number of carbonyl (C=O) groups excluding carboxylic acids is 2. The first-order valence-corrected chi connectivity index (χ1v) is 15.5. The van der Waals surface area contributed by atoms with Crippen molar-refractivity contribution in [2.24, 2.45) is 0 Å². The molecule has 1 unspecified atom stereocenters. The second kappa shape index (κ2) is 11.8. The number of aliphatic hydroxyl groups excluding tert-OH is 1. The van der Waals surface area contributed by atoms with Gasteiger partial charge < -0.3 is 14.6 Å². The number of hydrogen-bond acceptors (Lipinski definition) is 9. The summed E-state index contributed by atoms with van der Waals surface area (Å²) in [6, 6.07) is 19.3. The maximum absolute atomic E-state index is 13.6. The number of ether oxygens (including phenoxy) is 2. The molecular weight excluding hydrogens is 594 g/mol. The zero-order valence-electron chi connectivity index (χ0n) is 22.7. The van der Waals surface area contributed by atoms with Gasteiger partial charge in [0.1, 0.15) is 19.0 Å². The monoisotopic (exact) mass is 619 g/mol. The Balaban J connectivity index is 1.40. The minimum Gasteiger partial charge on any atom is -0.507 e. The normalized spacial score (nSPS) is 17.7. The molecule has 6 rings (SSSR count). The fourth-order valence-corrected chi connectivity index (χ4v) is 7.02. The third kappa shape index (κ3) is 5.37. The van der Waals surface area contributed by atoms with Crippen LogP contribution in [0.15, 0.2) is 76.6 Å². The van der Waals surface area contributed by atoms with Crippen molar-refractivity contribution < 1.29 is 24.2 Å². The summed E-state index contributed by atoms with van der Waals surface area (Å²) in [5.74, 6) is -0.0206. The maximum atomic E-state index is 13.6. The van der Waals surface area contributed by atoms with Crippen LogP contribution in [0.5, 0.6) is 11.5 Å². The van der Waals surface area contributed by atoms with Gasteiger partial charge in [0.25, 0.3) is 5.78 Å². The van der Waals surface area contributed by atoms with Crippen molar-refractivity contribution in [1.29, 1.82) is 0 Å². The van der Waals surface area contributed by atoms with Crippen molar-refractivity contribution in [3.8, 4) is 11.5 Å². The van der Waals surface area contributed by atoms with Gasteiger partial charge in [-0.15, -0.1) is 10.2 Å². The lowest BCUT2D eigenvalue weighted by Gasteiger charge is -2.23. The van der Waals surface area contributed by atoms with E-state index in [2.05, 4.69) is 24.0 Å². The third-order valence-corrected chi connectivity index (χ3v) is 9.56. The fraction of sp³-hybridized carbons (Fsp3) is 0.226. The van der Waals surface area contributed by atoms with Crippen molar-refractivity contribution in [2.45, 2.75) is 35.9 Å². The van der Waals surface area contributed by atoms with E-state index >= 15 is 0 Å². The largest absolute Gasteiger partial charge is 0.507 e. The first-order valence-electron chi connectivity index (χ1n) is 13.3. The summed E-state index contributed by atoms with van der Waals surface area (Å²) in [4.78, 5) is 28.5. The van der Waals surface area contributed by atoms with E-state index < -0.39 is 17.7 Å². The fourth-order valence-electron chi connectivity index (χ4n) is 4.87. The number of halogens is 1. The van der Waals surface area contributed by atoms with Gasteiger partial charge in [0.05, 0.1) is 11.6 Å². The molecule has 0 aliphatic carbocycles. The number of aromatic nitrogens is 2. The number of thioether (sulfide) groups is 1. The molecule has 0 saturated carbocycles. The number of nitrogens with zero attached hydrogens (tertiary/aromatic N) is 3. The Morgan fingerprint density at radius 1 is 1.05 bits per heavy atom. The summed E-state index contributed by atoms with van der Waals surface area (Å²) in [7, 11) is 0. The molecule has 4 aromatic rings. The average molecular weight is 620 g/mol. The Morgan fingerprint density at radius 3 is 2.52 bits per heavy atom. The summed E-state index contributed by atoms with van der Waals surface area (Å²) in [6.45, 7) is 4.98. The summed E-state index contributed by atoms with van der Waals surface area (Å²) < 4.78 is 11.9. The minimum atomic E-state index is -0.909. The summed E-state index contributed by atoms with van der Waals surface area (Å²) in [5.41, 5.74) is 3.03. The quantitative estimate of drug-likeness (QED) is 0.0775. The molecule has 1 fully saturated rings. The first-order chi connectivity index (χ1) is 20.3. The van der Waals surface area contributed by atoms with Gasteiger partial charge in [0.2, 0.25) is 5.13 Å². The Hall–Kier alpha value is -3.86. The van der Waals surface area contributed by atoms with E-state index in [0.717, 1.165) is 11.1 Å². The number of benzene rings is 3. The Labute approximate surface area is 255 Å². The highest BCUT2D eigenvalue weighted by Crippen LogP contribution is 2.45. The van der Waals surface area contributed by atoms with Crippen LogP contribution in [0.25, 0.3) is 5.76 Å². The van der Waals surface area contributed by atoms with Crippen LogP contribution in [0.3, 0.4) is 0 Å². The van der Waals surface area contributed by atoms with Gasteiger partial charge in [-0.3, -0.25) is 14.5 Å². The van der Waals surface area contributed by atoms with Gasteiger partial charge >= 0.3 is 5.91 Å². The molecule has 1 N–H and O–H groups in total. The van der Waals surface area contributed by atoms with Crippen LogP contribution in [-0.2, 0) is 15.3 Å². The highest BCUT2D eigenvalue weighted by atomic mass is 35.5. The molecule has 8 nitrogen and oxygen atoms in total. The van der Waals surface area contributed by atoms with E-state index in [1.807, 2.05) is 48.5 Å². The smallest absolute Gasteiger partial charge is 0.301 e. The van der Waals surface area contributed by atoms with Crippen molar-refractivity contribution in [2.75, 3.05) is 18.1 Å². The first kappa shape index (κ1) is 28.3. The molecule has 11 heteroatoms. The molecule has 214 valence electrons. The molecule has 1 aromatic heterocycles. The van der Waals surface area contributed by atoms with E-state index in [4.69, 9.17) is 21.1 Å². The molecule has 3 aromatic carbocycles. The van der Waals surface area contributed by atoms with Crippen LogP contribution in [0.2, 0.25) is 5.02 Å². The molecule has 3 heterocycles. The molecule has 2 aliphatic rings. The van der Waals surface area contributed by atoms with Gasteiger partial charge in [-0.25, -0.2) is 0 Å². The number of amides is 1. The zero-order valence-corrected chi connectivity index (χ0v) is 25.1. The number of anilines is 1. The second-order valence-corrected chi connectivity index (χ2v) is 12.7. The lowest BCUT2D eigenvalue weighted by Crippen LogP contribution is -2.29. The number of Topliss-reactive ketones (excluding diaryl/α,β-unsaturated/α-hetero) is 1. The summed E-state index contributed by atoms with van der Waals surface area (Å²) in [5, 5.41) is 21.0. The topological polar surface area (TPSA) is 102 Å². The number of fused-ring (bicyclic) bond motifs is 1. The van der Waals surface area contributed by atoms with Crippen LogP contribution in [0, 0.1) is 0 Å². The molecule has 0 radical (unpaired) electrons. The predicted molar refractivity (Wildman–Crippen MR) is 164 cm³/mol. The predicted octanol–water partition coefficient (Wildman–Crippen LogP) is 7.00. The van der Waals surface area contributed by atoms with Gasteiger partial charge in [0.15, 0.2) is 15.8 Å². The highest BCUT2D eigenvalue weighted by Gasteiger charge is 2.48. The minimum absolute atomic E-state index is 0.0329. The average Bonchev–Trinajstić information content (AvgIpc) is 3.57. The lowest BCUT2D eigenvalue weighted by molar-refractivity contribution is -0.132. The van der Waals surface area contributed by atoms with E-state index in [1.165, 1.54) is 28.0 Å². The summed E-state index contributed by atoms with van der Waals surface area (Å²) >= 11 is 8.95. The van der Waals surface area contributed by atoms with Crippen LogP contribution in [-0.4, -0.2) is 40.2 Å². The third-order valence-electron chi connectivity index (χ3n) is 7.09. The standard InChI is InChI=1S/C31H26ClN3O5S2/c1-17(2)18-7-9-19(10-8-18)26-25(27(36)20-11-12-23-24(15-20)40-14-13-39-23)28(37)29(38)35(26)30-33-34-31(42-30)41-16-21-5-3-4-6-22(21)32/h3-12,15,17,26,36H,13-14,16H2,1-2H3. The number of ketones is 1. The van der Waals surface area contributed by atoms with Gasteiger partial charge in [-0.2, -0.15) is 0 Å². The zero-order chi connectivity index (χ0) is 29.4. The van der Waals surface area contributed by atoms with Crippen LogP contribution in [0.4, 0.5) is 5.13 Å². The lowest BCUT2D eigenvalue weighted by atomic mass is 9.93. The molecule has 2 aliphatic heterocycles. The SMILES string of the molecule is CC(C)c1ccc(C2C(=C(O)c3ccc4c(c3)OCCO4)C(=O)C(=O)N2c2nnc(SCc3ccccc3Cl)s2)cc1. The van der Waals surface area contributed by atoms with E-state index in [0.29, 0.717) is 56.9 Å². The molecule has 42 heavy (non-hydrogen) atoms. The van der Waals surface area contributed by atoms with Crippen LogP contribution < -0.4 is 14.4 Å². The van der Waals surface area contributed by atoms with Gasteiger partial charge in [-0.05, 0) is 46.9 Å². The second-order valence-electron chi connectivity index (χ2n) is 10.1. The van der Waals surface area contributed by atoms with Crippen molar-refractivity contribution >= 4 is 57.3 Å². The molecule has 0 bridgehead atoms. The number of aliphatic hydroxyl groups is 1. The Bertz CT molecular complexity index is 1700. The Morgan fingerprint density at radius 2 is 1.79 bits per heavy atom. The highest BCUT2D eigenvalue weighted by molar-refractivity contribution is 8.00. The molecule has 0 spiro atoms. The van der Waals surface area contributed by atoms with Crippen molar-refractivity contribution in [3.05, 3.63) is 99.6 Å². The number of rotatable bonds is 7. The number of hydrogen-bond donors (Lipinski definition) is 1. The van der Waals surface area contributed by atoms with Crippen molar-refractivity contribution in [1.82, 2.24) is 10.2 Å².